The number of carbonyl (C=O) groups is 2. The van der Waals surface area contributed by atoms with Crippen molar-refractivity contribution in [3.05, 3.63) is 29.6 Å². The highest BCUT2D eigenvalue weighted by molar-refractivity contribution is 5.98. The van der Waals surface area contributed by atoms with Gasteiger partial charge in [0.05, 0.1) is 17.6 Å². The van der Waals surface area contributed by atoms with E-state index in [0.717, 1.165) is 36.6 Å². The SMILES string of the molecule is Cc1ccc2nc(C(=O)NC(C)(C)C(=O)O)nc(N[C@H]3CCCC[C@H]3N=C(N)N)c2c1.Cl.Cl. The fourth-order valence-corrected chi connectivity index (χ4v) is 3.65. The second-order valence-electron chi connectivity index (χ2n) is 8.46. The Morgan fingerprint density at radius 1 is 1.15 bits per heavy atom. The number of aryl methyl sites for hydroxylation is 1. The van der Waals surface area contributed by atoms with Gasteiger partial charge in [0.2, 0.25) is 5.82 Å². The Hall–Kier alpha value is -2.85. The maximum Gasteiger partial charge on any atom is 0.328 e. The summed E-state index contributed by atoms with van der Waals surface area (Å²) < 4.78 is 0. The second-order valence-corrected chi connectivity index (χ2v) is 8.46. The number of aromatic nitrogens is 2. The standard InChI is InChI=1S/C21H29N7O3.2ClH/c1-11-8-9-13-12(10-11)16(25-14-6-4-5-7-15(14)26-20(22)23)27-17(24-13)18(29)28-21(2,3)19(30)31;;/h8-10,14-15H,4-7H2,1-3H3,(H,28,29)(H,30,31)(H4,22,23,26)(H,24,25,27);2*1H/t14-,15+;;/m0../s1. The number of guanidine groups is 1. The van der Waals surface area contributed by atoms with Crippen LogP contribution in [0.3, 0.4) is 0 Å². The van der Waals surface area contributed by atoms with E-state index in [-0.39, 0.29) is 48.7 Å². The number of halogens is 2. The van der Waals surface area contributed by atoms with E-state index in [4.69, 9.17) is 11.5 Å². The van der Waals surface area contributed by atoms with Gasteiger partial charge in [-0.05, 0) is 45.7 Å². The Morgan fingerprint density at radius 3 is 2.45 bits per heavy atom. The Labute approximate surface area is 204 Å². The lowest BCUT2D eigenvalue weighted by molar-refractivity contribution is -0.143. The first-order valence-electron chi connectivity index (χ1n) is 10.3. The number of carbonyl (C=O) groups excluding carboxylic acids is 1. The monoisotopic (exact) mass is 499 g/mol. The summed E-state index contributed by atoms with van der Waals surface area (Å²) in [7, 11) is 0. The van der Waals surface area contributed by atoms with Gasteiger partial charge in [0.15, 0.2) is 5.96 Å². The fourth-order valence-electron chi connectivity index (χ4n) is 3.65. The summed E-state index contributed by atoms with van der Waals surface area (Å²) in [4.78, 5) is 37.3. The lowest BCUT2D eigenvalue weighted by atomic mass is 9.90. The van der Waals surface area contributed by atoms with Crippen molar-refractivity contribution in [2.75, 3.05) is 5.32 Å². The van der Waals surface area contributed by atoms with E-state index in [1.807, 2.05) is 25.1 Å². The molecule has 10 nitrogen and oxygen atoms in total. The minimum atomic E-state index is -1.46. The normalized spacial score (nSPS) is 17.8. The van der Waals surface area contributed by atoms with Gasteiger partial charge < -0.3 is 27.2 Å². The molecule has 1 heterocycles. The number of nitrogens with one attached hydrogen (secondary N) is 2. The lowest BCUT2D eigenvalue weighted by Crippen LogP contribution is -2.50. The third kappa shape index (κ3) is 6.82. The predicted molar refractivity (Wildman–Crippen MR) is 133 cm³/mol. The molecule has 1 amide bonds. The third-order valence-corrected chi connectivity index (χ3v) is 5.38. The van der Waals surface area contributed by atoms with Crippen molar-refractivity contribution in [2.45, 2.75) is 64.1 Å². The van der Waals surface area contributed by atoms with E-state index < -0.39 is 17.4 Å². The zero-order valence-electron chi connectivity index (χ0n) is 18.8. The van der Waals surface area contributed by atoms with Crippen LogP contribution >= 0.6 is 24.8 Å². The summed E-state index contributed by atoms with van der Waals surface area (Å²) in [6, 6.07) is 5.49. The number of carboxylic acids is 1. The molecule has 33 heavy (non-hydrogen) atoms. The van der Waals surface area contributed by atoms with E-state index in [1.54, 1.807) is 0 Å². The number of anilines is 1. The van der Waals surface area contributed by atoms with Gasteiger partial charge in [-0.15, -0.1) is 24.8 Å². The molecule has 1 saturated carbocycles. The molecule has 0 spiro atoms. The number of aliphatic carboxylic acids is 1. The average molecular weight is 500 g/mol. The third-order valence-electron chi connectivity index (χ3n) is 5.38. The zero-order chi connectivity index (χ0) is 22.8. The number of amides is 1. The van der Waals surface area contributed by atoms with Crippen molar-refractivity contribution in [2.24, 2.45) is 16.5 Å². The molecule has 0 radical (unpaired) electrons. The molecule has 1 aromatic heterocycles. The smallest absolute Gasteiger partial charge is 0.328 e. The van der Waals surface area contributed by atoms with Gasteiger partial charge in [-0.3, -0.25) is 4.79 Å². The highest BCUT2D eigenvalue weighted by Crippen LogP contribution is 2.28. The van der Waals surface area contributed by atoms with E-state index in [1.165, 1.54) is 13.8 Å². The van der Waals surface area contributed by atoms with Crippen LogP contribution in [-0.4, -0.2) is 50.5 Å². The molecule has 0 bridgehead atoms. The molecule has 1 fully saturated rings. The molecule has 3 rings (SSSR count). The number of nitrogens with two attached hydrogens (primary N) is 2. The summed E-state index contributed by atoms with van der Waals surface area (Å²) in [6.07, 6.45) is 3.75. The van der Waals surface area contributed by atoms with Crippen molar-refractivity contribution in [3.8, 4) is 0 Å². The average Bonchev–Trinajstić information content (AvgIpc) is 2.68. The highest BCUT2D eigenvalue weighted by atomic mass is 35.5. The molecular formula is C21H31Cl2N7O3. The molecule has 1 aliphatic carbocycles. The minimum Gasteiger partial charge on any atom is -0.480 e. The van der Waals surface area contributed by atoms with Crippen LogP contribution in [0, 0.1) is 6.92 Å². The first-order valence-corrected chi connectivity index (χ1v) is 10.3. The largest absolute Gasteiger partial charge is 0.480 e. The van der Waals surface area contributed by atoms with Crippen LogP contribution < -0.4 is 22.1 Å². The molecule has 182 valence electrons. The second kappa shape index (κ2) is 11.3. The van der Waals surface area contributed by atoms with E-state index in [0.29, 0.717) is 11.3 Å². The Balaban J connectivity index is 0.00000272. The summed E-state index contributed by atoms with van der Waals surface area (Å²) >= 11 is 0. The van der Waals surface area contributed by atoms with Gasteiger partial charge in [-0.25, -0.2) is 19.8 Å². The number of nitrogens with zero attached hydrogens (tertiary/aromatic N) is 3. The molecule has 1 aliphatic rings. The summed E-state index contributed by atoms with van der Waals surface area (Å²) in [6.45, 7) is 4.76. The van der Waals surface area contributed by atoms with E-state index in [2.05, 4.69) is 25.6 Å². The van der Waals surface area contributed by atoms with Gasteiger partial charge in [0.25, 0.3) is 5.91 Å². The number of hydrogen-bond donors (Lipinski definition) is 5. The molecule has 2 aromatic rings. The molecule has 0 saturated heterocycles. The Kier molecular flexibility index (Phi) is 9.68. The molecule has 0 unspecified atom stereocenters. The van der Waals surface area contributed by atoms with Gasteiger partial charge in [-0.1, -0.05) is 24.5 Å². The first kappa shape index (κ1) is 28.2. The molecule has 12 heteroatoms. The van der Waals surface area contributed by atoms with Gasteiger partial charge in [0, 0.05) is 5.39 Å². The van der Waals surface area contributed by atoms with Crippen LogP contribution in [0.5, 0.6) is 0 Å². The van der Waals surface area contributed by atoms with E-state index in [9.17, 15) is 14.7 Å². The van der Waals surface area contributed by atoms with Crippen molar-refractivity contribution >= 4 is 59.4 Å². The lowest BCUT2D eigenvalue weighted by Gasteiger charge is -2.30. The number of fused-ring (bicyclic) bond motifs is 1. The minimum absolute atomic E-state index is 0. The van der Waals surface area contributed by atoms with Gasteiger partial charge in [-0.2, -0.15) is 0 Å². The van der Waals surface area contributed by atoms with Crippen LogP contribution in [0.4, 0.5) is 5.82 Å². The van der Waals surface area contributed by atoms with Crippen LogP contribution in [0.2, 0.25) is 0 Å². The van der Waals surface area contributed by atoms with Crippen molar-refractivity contribution in [1.29, 1.82) is 0 Å². The molecule has 1 aromatic carbocycles. The van der Waals surface area contributed by atoms with Crippen LogP contribution in [-0.2, 0) is 4.79 Å². The first-order chi connectivity index (χ1) is 14.6. The van der Waals surface area contributed by atoms with Crippen molar-refractivity contribution in [3.63, 3.8) is 0 Å². The summed E-state index contributed by atoms with van der Waals surface area (Å²) in [5.41, 5.74) is 11.4. The molecular weight excluding hydrogens is 469 g/mol. The van der Waals surface area contributed by atoms with Crippen LogP contribution in [0.25, 0.3) is 10.9 Å². The number of carboxylic acid groups (broad SMARTS) is 1. The van der Waals surface area contributed by atoms with Gasteiger partial charge in [0.1, 0.15) is 11.4 Å². The fraction of sp³-hybridized carbons (Fsp3) is 0.476. The number of aliphatic imine (C=N–C) groups is 1. The van der Waals surface area contributed by atoms with Crippen molar-refractivity contribution < 1.29 is 14.7 Å². The maximum absolute atomic E-state index is 12.7. The van der Waals surface area contributed by atoms with Gasteiger partial charge >= 0.3 is 5.97 Å². The topological polar surface area (TPSA) is 169 Å². The quantitative estimate of drug-likeness (QED) is 0.297. The van der Waals surface area contributed by atoms with E-state index >= 15 is 0 Å². The predicted octanol–water partition coefficient (Wildman–Crippen LogP) is 2.37. The number of benzene rings is 1. The maximum atomic E-state index is 12.7. The van der Waals surface area contributed by atoms with Crippen molar-refractivity contribution in [1.82, 2.24) is 15.3 Å². The summed E-state index contributed by atoms with van der Waals surface area (Å²) in [5.74, 6) is -1.39. The zero-order valence-corrected chi connectivity index (χ0v) is 20.4. The van der Waals surface area contributed by atoms with Crippen LogP contribution in [0.15, 0.2) is 23.2 Å². The molecule has 2 atom stereocenters. The molecule has 0 aliphatic heterocycles. The summed E-state index contributed by atoms with van der Waals surface area (Å²) in [5, 5.41) is 16.0. The number of rotatable bonds is 6. The van der Waals surface area contributed by atoms with Crippen LogP contribution in [0.1, 0.15) is 55.7 Å². The Morgan fingerprint density at radius 2 is 1.82 bits per heavy atom. The molecule has 7 N–H and O–H groups in total. The Bertz CT molecular complexity index is 1040. The highest BCUT2D eigenvalue weighted by Gasteiger charge is 2.31. The number of hydrogen-bond acceptors (Lipinski definition) is 6.